The number of aliphatic hydroxyl groups excluding tert-OH is 1. The maximum atomic E-state index is 13.8. The largest absolute Gasteiger partial charge is 0.462 e. The fraction of sp³-hybridized carbons (Fsp3) is 0.522. The average Bonchev–Trinajstić information content (AvgIpc) is 3.29. The number of esters is 1. The summed E-state index contributed by atoms with van der Waals surface area (Å²) in [5, 5.41) is 13.5. The highest BCUT2D eigenvalue weighted by Gasteiger charge is 2.62. The first-order chi connectivity index (χ1) is 17.4. The van der Waals surface area contributed by atoms with Crippen LogP contribution in [0.4, 0.5) is 0 Å². The summed E-state index contributed by atoms with van der Waals surface area (Å²) in [7, 11) is -4.24. The van der Waals surface area contributed by atoms with Crippen molar-refractivity contribution in [1.82, 2.24) is 14.6 Å². The fourth-order valence-electron chi connectivity index (χ4n) is 4.04. The van der Waals surface area contributed by atoms with Crippen molar-refractivity contribution in [2.75, 3.05) is 13.2 Å². The summed E-state index contributed by atoms with van der Waals surface area (Å²) < 4.78 is 43.1. The summed E-state index contributed by atoms with van der Waals surface area (Å²) in [5.74, 6) is -0.454. The van der Waals surface area contributed by atoms with Crippen LogP contribution in [0.1, 0.15) is 32.6 Å². The lowest BCUT2D eigenvalue weighted by Gasteiger charge is -2.32. The van der Waals surface area contributed by atoms with Gasteiger partial charge in [0.25, 0.3) is 5.56 Å². The third-order valence-electron chi connectivity index (χ3n) is 5.93. The molecule has 0 spiro atoms. The Kier molecular flexibility index (Phi) is 7.75. The molecule has 2 fully saturated rings. The molecule has 2 saturated heterocycles. The van der Waals surface area contributed by atoms with Crippen LogP contribution < -0.4 is 20.9 Å². The summed E-state index contributed by atoms with van der Waals surface area (Å²) >= 11 is 0. The van der Waals surface area contributed by atoms with Gasteiger partial charge in [-0.25, -0.2) is 9.36 Å². The molecule has 1 aromatic carbocycles. The number of nitrogens with one attached hydrogen (secondary N) is 2. The van der Waals surface area contributed by atoms with E-state index < -0.39 is 67.8 Å². The molecule has 0 amide bonds. The van der Waals surface area contributed by atoms with Gasteiger partial charge in [-0.05, 0) is 39.8 Å². The molecule has 6 atom stereocenters. The van der Waals surface area contributed by atoms with Crippen LogP contribution in [0.15, 0.2) is 46.1 Å². The Morgan fingerprint density at radius 1 is 1.30 bits per heavy atom. The van der Waals surface area contributed by atoms with Crippen molar-refractivity contribution in [3.63, 3.8) is 0 Å². The maximum Gasteiger partial charge on any atom is 0.459 e. The number of hydrogen-bond acceptors (Lipinski definition) is 10. The van der Waals surface area contributed by atoms with Gasteiger partial charge in [0.1, 0.15) is 29.6 Å². The molecule has 2 aromatic rings. The molecule has 2 bridgehead atoms. The highest BCUT2D eigenvalue weighted by Crippen LogP contribution is 2.50. The summed E-state index contributed by atoms with van der Waals surface area (Å²) in [6, 6.07) is 7.14. The van der Waals surface area contributed by atoms with Crippen LogP contribution in [0.2, 0.25) is 0 Å². The van der Waals surface area contributed by atoms with Crippen molar-refractivity contribution in [3.05, 3.63) is 62.9 Å². The number of para-hydroxylation sites is 1. The lowest BCUT2D eigenvalue weighted by atomic mass is 10.0. The molecule has 37 heavy (non-hydrogen) atoms. The predicted molar refractivity (Wildman–Crippen MR) is 129 cm³/mol. The molecule has 2 aliphatic rings. The molecule has 0 saturated carbocycles. The number of aromatic amines is 1. The Bertz CT molecular complexity index is 1300. The van der Waals surface area contributed by atoms with E-state index in [0.29, 0.717) is 0 Å². The van der Waals surface area contributed by atoms with E-state index >= 15 is 0 Å². The first-order valence-corrected chi connectivity index (χ1v) is 13.2. The number of hydrogen-bond donors (Lipinski definition) is 3. The SMILES string of the molecule is Cc1cn(C2OC3(COP(=O)(NC(C)C(=O)OC(C)C)Oc4ccccc4)COC2C3O)c(=O)[nH]c1=O. The Hall–Kier alpha value is -2.80. The zero-order valence-electron chi connectivity index (χ0n) is 20.8. The minimum Gasteiger partial charge on any atom is -0.462 e. The zero-order chi connectivity index (χ0) is 27.0. The molecule has 0 radical (unpaired) electrons. The van der Waals surface area contributed by atoms with Crippen LogP contribution in [0.25, 0.3) is 0 Å². The molecule has 202 valence electrons. The number of rotatable bonds is 10. The summed E-state index contributed by atoms with van der Waals surface area (Å²) in [6.07, 6.45) is -2.36. The molecule has 1 aromatic heterocycles. The second kappa shape index (κ2) is 10.5. The molecule has 3 N–H and O–H groups in total. The Balaban J connectivity index is 1.55. The van der Waals surface area contributed by atoms with Crippen LogP contribution in [-0.4, -0.2) is 63.8 Å². The number of aliphatic hydroxyl groups is 1. The van der Waals surface area contributed by atoms with Crippen LogP contribution in [-0.2, 0) is 28.1 Å². The van der Waals surface area contributed by atoms with E-state index in [2.05, 4.69) is 10.1 Å². The first kappa shape index (κ1) is 27.2. The first-order valence-electron chi connectivity index (χ1n) is 11.7. The van der Waals surface area contributed by atoms with E-state index in [-0.39, 0.29) is 17.9 Å². The molecular formula is C23H30N3O10P. The van der Waals surface area contributed by atoms with Crippen molar-refractivity contribution in [1.29, 1.82) is 0 Å². The summed E-state index contributed by atoms with van der Waals surface area (Å²) in [6.45, 7) is 5.74. The van der Waals surface area contributed by atoms with Crippen molar-refractivity contribution in [2.45, 2.75) is 63.9 Å². The van der Waals surface area contributed by atoms with Crippen LogP contribution >= 0.6 is 7.75 Å². The van der Waals surface area contributed by atoms with E-state index in [1.807, 2.05) is 0 Å². The Labute approximate surface area is 212 Å². The van der Waals surface area contributed by atoms with E-state index in [0.717, 1.165) is 4.57 Å². The monoisotopic (exact) mass is 539 g/mol. The molecule has 4 rings (SSSR count). The molecule has 6 unspecified atom stereocenters. The number of carbonyl (C=O) groups is 1. The number of carbonyl (C=O) groups excluding carboxylic acids is 1. The molecule has 3 heterocycles. The number of ether oxygens (including phenoxy) is 3. The number of H-pyrrole nitrogens is 1. The smallest absolute Gasteiger partial charge is 0.459 e. The molecule has 13 nitrogen and oxygen atoms in total. The number of aryl methyl sites for hydroxylation is 1. The van der Waals surface area contributed by atoms with E-state index in [1.54, 1.807) is 44.2 Å². The van der Waals surface area contributed by atoms with Crippen molar-refractivity contribution in [2.24, 2.45) is 0 Å². The van der Waals surface area contributed by atoms with E-state index in [4.69, 9.17) is 23.3 Å². The van der Waals surface area contributed by atoms with Crippen LogP contribution in [0, 0.1) is 6.92 Å². The number of fused-ring (bicyclic) bond motifs is 2. The third-order valence-corrected chi connectivity index (χ3v) is 7.56. The second-order valence-electron chi connectivity index (χ2n) is 9.28. The summed E-state index contributed by atoms with van der Waals surface area (Å²) in [5.41, 5.74) is -2.52. The van der Waals surface area contributed by atoms with Crippen LogP contribution in [0.5, 0.6) is 5.75 Å². The highest BCUT2D eigenvalue weighted by atomic mass is 31.2. The lowest BCUT2D eigenvalue weighted by molar-refractivity contribution is -0.185. The topological polar surface area (TPSA) is 167 Å². The van der Waals surface area contributed by atoms with Gasteiger partial charge < -0.3 is 23.8 Å². The van der Waals surface area contributed by atoms with Gasteiger partial charge in [-0.2, -0.15) is 5.09 Å². The van der Waals surface area contributed by atoms with Gasteiger partial charge in [-0.15, -0.1) is 0 Å². The molecule has 2 aliphatic heterocycles. The lowest BCUT2D eigenvalue weighted by Crippen LogP contribution is -2.46. The van der Waals surface area contributed by atoms with E-state index in [1.165, 1.54) is 20.0 Å². The number of benzene rings is 1. The van der Waals surface area contributed by atoms with E-state index in [9.17, 15) is 24.1 Å². The van der Waals surface area contributed by atoms with Gasteiger partial charge in [0.2, 0.25) is 0 Å². The second-order valence-corrected chi connectivity index (χ2v) is 11.0. The van der Waals surface area contributed by atoms with Gasteiger partial charge in [-0.1, -0.05) is 18.2 Å². The molecule has 14 heteroatoms. The van der Waals surface area contributed by atoms with Gasteiger partial charge in [0, 0.05) is 11.8 Å². The van der Waals surface area contributed by atoms with Crippen molar-refractivity contribution < 1.29 is 37.7 Å². The average molecular weight is 539 g/mol. The van der Waals surface area contributed by atoms with Crippen molar-refractivity contribution >= 4 is 13.7 Å². The predicted octanol–water partition coefficient (Wildman–Crippen LogP) is 1.01. The highest BCUT2D eigenvalue weighted by molar-refractivity contribution is 7.52. The standard InChI is InChI=1S/C23H30N3O10P/c1-13(2)34-21(29)15(4)25-37(31,36-16-8-6-5-7-9-16)33-12-23-11-32-17(18(23)27)20(35-23)26-10-14(3)19(28)24-22(26)30/h5-10,13,15,17-18,20,27H,11-12H2,1-4H3,(H,25,31)(H,24,28,30). The van der Waals surface area contributed by atoms with Gasteiger partial charge in [0.05, 0.1) is 19.3 Å². The molecule has 0 aliphatic carbocycles. The number of aromatic nitrogens is 2. The molecular weight excluding hydrogens is 509 g/mol. The van der Waals surface area contributed by atoms with Gasteiger partial charge in [-0.3, -0.25) is 23.7 Å². The van der Waals surface area contributed by atoms with Crippen LogP contribution in [0.3, 0.4) is 0 Å². The fourth-order valence-corrected chi connectivity index (χ4v) is 5.59. The third kappa shape index (κ3) is 5.71. The Morgan fingerprint density at radius 3 is 2.68 bits per heavy atom. The Morgan fingerprint density at radius 2 is 2.00 bits per heavy atom. The summed E-state index contributed by atoms with van der Waals surface area (Å²) in [4.78, 5) is 38.7. The van der Waals surface area contributed by atoms with Crippen molar-refractivity contribution in [3.8, 4) is 5.75 Å². The van der Waals surface area contributed by atoms with Gasteiger partial charge in [0.15, 0.2) is 6.23 Å². The minimum atomic E-state index is -4.24. The zero-order valence-corrected chi connectivity index (χ0v) is 21.7. The number of nitrogens with zero attached hydrogens (tertiary/aromatic N) is 1. The minimum absolute atomic E-state index is 0.122. The normalized spacial score (nSPS) is 27.1. The van der Waals surface area contributed by atoms with Gasteiger partial charge >= 0.3 is 19.4 Å². The quantitative estimate of drug-likeness (QED) is 0.291. The maximum absolute atomic E-state index is 13.8.